The van der Waals surface area contributed by atoms with Gasteiger partial charge < -0.3 is 15.3 Å². The number of phenols is 1. The number of piperidine rings is 1. The summed E-state index contributed by atoms with van der Waals surface area (Å²) in [4.78, 5) is 14.3. The van der Waals surface area contributed by atoms with Gasteiger partial charge in [0, 0.05) is 18.1 Å². The van der Waals surface area contributed by atoms with Crippen LogP contribution in [0.3, 0.4) is 0 Å². The molecule has 2 N–H and O–H groups in total. The number of nitrogens with zero attached hydrogens (tertiary/aromatic N) is 1. The summed E-state index contributed by atoms with van der Waals surface area (Å²) in [5.41, 5.74) is 0.228. The van der Waals surface area contributed by atoms with E-state index in [1.165, 1.54) is 31.4 Å². The van der Waals surface area contributed by atoms with E-state index in [9.17, 15) is 9.90 Å². The fraction of sp³-hybridized carbons (Fsp3) is 0.500. The van der Waals surface area contributed by atoms with Gasteiger partial charge in [-0.1, -0.05) is 18.0 Å². The molecule has 0 bridgehead atoms. The summed E-state index contributed by atoms with van der Waals surface area (Å²) in [6.07, 6.45) is 3.78. The maximum Gasteiger partial charge on any atom is 0.255 e. The molecular weight excluding hydrogens is 264 g/mol. The van der Waals surface area contributed by atoms with Crippen molar-refractivity contribution in [3.8, 4) is 5.75 Å². The molecule has 1 aliphatic rings. The van der Waals surface area contributed by atoms with Crippen LogP contribution in [0.4, 0.5) is 0 Å². The second-order valence-corrected chi connectivity index (χ2v) is 5.26. The van der Waals surface area contributed by atoms with E-state index < -0.39 is 0 Å². The largest absolute Gasteiger partial charge is 0.507 e. The van der Waals surface area contributed by atoms with E-state index in [0.29, 0.717) is 11.6 Å². The highest BCUT2D eigenvalue weighted by atomic mass is 35.5. The zero-order chi connectivity index (χ0) is 13.7. The van der Waals surface area contributed by atoms with Crippen molar-refractivity contribution in [2.45, 2.75) is 19.3 Å². The zero-order valence-electron chi connectivity index (χ0n) is 10.9. The Balaban J connectivity index is 1.82. The van der Waals surface area contributed by atoms with Crippen LogP contribution >= 0.6 is 11.6 Å². The molecule has 19 heavy (non-hydrogen) atoms. The first-order valence-electron chi connectivity index (χ1n) is 6.66. The Hall–Kier alpha value is -1.26. The molecule has 1 saturated heterocycles. The third kappa shape index (κ3) is 4.11. The molecule has 0 unspecified atom stereocenters. The lowest BCUT2D eigenvalue weighted by atomic mass is 10.1. The maximum absolute atomic E-state index is 11.9. The summed E-state index contributed by atoms with van der Waals surface area (Å²) >= 11 is 5.82. The zero-order valence-corrected chi connectivity index (χ0v) is 11.6. The summed E-state index contributed by atoms with van der Waals surface area (Å²) in [5, 5.41) is 12.9. The maximum atomic E-state index is 11.9. The van der Waals surface area contributed by atoms with Gasteiger partial charge in [0.1, 0.15) is 5.75 Å². The normalized spacial score (nSPS) is 16.3. The van der Waals surface area contributed by atoms with Crippen molar-refractivity contribution in [3.63, 3.8) is 0 Å². The first kappa shape index (κ1) is 14.2. The van der Waals surface area contributed by atoms with Gasteiger partial charge in [-0.3, -0.25) is 4.79 Å². The van der Waals surface area contributed by atoms with Crippen LogP contribution in [-0.4, -0.2) is 42.1 Å². The smallest absolute Gasteiger partial charge is 0.255 e. The Labute approximate surface area is 118 Å². The van der Waals surface area contributed by atoms with E-state index in [4.69, 9.17) is 11.6 Å². The van der Waals surface area contributed by atoms with Crippen molar-refractivity contribution in [2.24, 2.45) is 0 Å². The fourth-order valence-corrected chi connectivity index (χ4v) is 2.47. The number of halogens is 1. The van der Waals surface area contributed by atoms with E-state index in [1.54, 1.807) is 6.07 Å². The topological polar surface area (TPSA) is 52.6 Å². The highest BCUT2D eigenvalue weighted by molar-refractivity contribution is 6.31. The number of benzene rings is 1. The number of carbonyl (C=O) groups is 1. The predicted molar refractivity (Wildman–Crippen MR) is 75.7 cm³/mol. The van der Waals surface area contributed by atoms with Gasteiger partial charge in [0.15, 0.2) is 0 Å². The SMILES string of the molecule is O=C(NCCN1CCCCC1)c1cc(Cl)ccc1O. The van der Waals surface area contributed by atoms with Gasteiger partial charge in [0.25, 0.3) is 5.91 Å². The van der Waals surface area contributed by atoms with Crippen molar-refractivity contribution in [1.29, 1.82) is 0 Å². The molecule has 0 aliphatic carbocycles. The van der Waals surface area contributed by atoms with Crippen LogP contribution in [0.15, 0.2) is 18.2 Å². The number of rotatable bonds is 4. The monoisotopic (exact) mass is 282 g/mol. The number of carbonyl (C=O) groups excluding carboxylic acids is 1. The molecule has 1 fully saturated rings. The fourth-order valence-electron chi connectivity index (χ4n) is 2.30. The molecule has 1 aliphatic heterocycles. The number of phenolic OH excluding ortho intramolecular Hbond substituents is 1. The van der Waals surface area contributed by atoms with E-state index in [0.717, 1.165) is 19.6 Å². The van der Waals surface area contributed by atoms with Gasteiger partial charge >= 0.3 is 0 Å². The molecule has 0 radical (unpaired) electrons. The van der Waals surface area contributed by atoms with E-state index in [1.807, 2.05) is 0 Å². The Morgan fingerprint density at radius 1 is 1.32 bits per heavy atom. The molecule has 1 aromatic carbocycles. The highest BCUT2D eigenvalue weighted by Crippen LogP contribution is 2.21. The van der Waals surface area contributed by atoms with Crippen LogP contribution in [0, 0.1) is 0 Å². The van der Waals surface area contributed by atoms with Gasteiger partial charge in [-0.25, -0.2) is 0 Å². The van der Waals surface area contributed by atoms with Crippen molar-refractivity contribution >= 4 is 17.5 Å². The molecule has 0 atom stereocenters. The molecule has 0 spiro atoms. The standard InChI is InChI=1S/C14H19ClN2O2/c15-11-4-5-13(18)12(10-11)14(19)16-6-9-17-7-2-1-3-8-17/h4-5,10,18H,1-3,6-9H2,(H,16,19). The highest BCUT2D eigenvalue weighted by Gasteiger charge is 2.13. The van der Waals surface area contributed by atoms with Gasteiger partial charge in [-0.15, -0.1) is 0 Å². The summed E-state index contributed by atoms with van der Waals surface area (Å²) in [6.45, 7) is 3.66. The minimum Gasteiger partial charge on any atom is -0.507 e. The second kappa shape index (κ2) is 6.78. The number of nitrogens with one attached hydrogen (secondary N) is 1. The Morgan fingerprint density at radius 2 is 2.05 bits per heavy atom. The summed E-state index contributed by atoms with van der Waals surface area (Å²) in [6, 6.07) is 4.47. The first-order chi connectivity index (χ1) is 9.16. The van der Waals surface area contributed by atoms with Gasteiger partial charge in [0.2, 0.25) is 0 Å². The molecule has 0 aromatic heterocycles. The van der Waals surface area contributed by atoms with Crippen molar-refractivity contribution < 1.29 is 9.90 Å². The average Bonchev–Trinajstić information content (AvgIpc) is 2.42. The van der Waals surface area contributed by atoms with Crippen LogP contribution in [0.1, 0.15) is 29.6 Å². The minimum absolute atomic E-state index is 0.0418. The van der Waals surface area contributed by atoms with E-state index >= 15 is 0 Å². The Bertz CT molecular complexity index is 445. The molecule has 0 saturated carbocycles. The Kier molecular flexibility index (Phi) is 5.05. The van der Waals surface area contributed by atoms with Crippen LogP contribution in [0.25, 0.3) is 0 Å². The molecule has 1 heterocycles. The summed E-state index contributed by atoms with van der Waals surface area (Å²) < 4.78 is 0. The van der Waals surface area contributed by atoms with Crippen LogP contribution in [0.2, 0.25) is 5.02 Å². The summed E-state index contributed by atoms with van der Waals surface area (Å²) in [7, 11) is 0. The quantitative estimate of drug-likeness (QED) is 0.891. The van der Waals surface area contributed by atoms with Crippen LogP contribution < -0.4 is 5.32 Å². The molecular formula is C14H19ClN2O2. The lowest BCUT2D eigenvalue weighted by Gasteiger charge is -2.26. The lowest BCUT2D eigenvalue weighted by Crippen LogP contribution is -2.37. The average molecular weight is 283 g/mol. The van der Waals surface area contributed by atoms with E-state index in [2.05, 4.69) is 10.2 Å². The molecule has 5 heteroatoms. The van der Waals surface area contributed by atoms with Crippen molar-refractivity contribution in [1.82, 2.24) is 10.2 Å². The summed E-state index contributed by atoms with van der Waals surface area (Å²) in [5.74, 6) is -0.322. The van der Waals surface area contributed by atoms with Gasteiger partial charge in [0.05, 0.1) is 5.56 Å². The van der Waals surface area contributed by atoms with Gasteiger partial charge in [-0.05, 0) is 44.1 Å². The molecule has 1 amide bonds. The first-order valence-corrected chi connectivity index (χ1v) is 7.03. The number of amides is 1. The third-order valence-electron chi connectivity index (χ3n) is 3.37. The number of hydrogen-bond donors (Lipinski definition) is 2. The minimum atomic E-state index is -0.281. The van der Waals surface area contributed by atoms with E-state index in [-0.39, 0.29) is 17.2 Å². The third-order valence-corrected chi connectivity index (χ3v) is 3.60. The molecule has 104 valence electrons. The molecule has 4 nitrogen and oxygen atoms in total. The number of hydrogen-bond acceptors (Lipinski definition) is 3. The Morgan fingerprint density at radius 3 is 2.79 bits per heavy atom. The lowest BCUT2D eigenvalue weighted by molar-refractivity contribution is 0.0944. The molecule has 1 aromatic rings. The van der Waals surface area contributed by atoms with Crippen LogP contribution in [-0.2, 0) is 0 Å². The van der Waals surface area contributed by atoms with Gasteiger partial charge in [-0.2, -0.15) is 0 Å². The number of likely N-dealkylation sites (tertiary alicyclic amines) is 1. The van der Waals surface area contributed by atoms with Crippen molar-refractivity contribution in [3.05, 3.63) is 28.8 Å². The molecule has 2 rings (SSSR count). The number of aromatic hydroxyl groups is 1. The van der Waals surface area contributed by atoms with Crippen molar-refractivity contribution in [2.75, 3.05) is 26.2 Å². The predicted octanol–water partition coefficient (Wildman–Crippen LogP) is 2.26. The second-order valence-electron chi connectivity index (χ2n) is 4.82. The van der Waals surface area contributed by atoms with Crippen LogP contribution in [0.5, 0.6) is 5.75 Å².